The summed E-state index contributed by atoms with van der Waals surface area (Å²) in [5, 5.41) is 3.15. The summed E-state index contributed by atoms with van der Waals surface area (Å²) in [6.07, 6.45) is 0. The molecule has 2 heteroatoms. The van der Waals surface area contributed by atoms with Crippen molar-refractivity contribution >= 4 is 0 Å². The van der Waals surface area contributed by atoms with Crippen molar-refractivity contribution in [3.8, 4) is 0 Å². The molecule has 0 radical (unpaired) electrons. The van der Waals surface area contributed by atoms with Gasteiger partial charge in [-0.15, -0.1) is 0 Å². The lowest BCUT2D eigenvalue weighted by molar-refractivity contribution is 0.423. The van der Waals surface area contributed by atoms with Crippen LogP contribution in [0.1, 0.15) is 31.0 Å². The van der Waals surface area contributed by atoms with Gasteiger partial charge in [0.2, 0.25) is 0 Å². The van der Waals surface area contributed by atoms with Crippen molar-refractivity contribution < 1.29 is 4.39 Å². The second-order valence-electron chi connectivity index (χ2n) is 3.99. The van der Waals surface area contributed by atoms with Crippen LogP contribution in [-0.4, -0.2) is 7.05 Å². The fourth-order valence-electron chi connectivity index (χ4n) is 1.76. The maximum atomic E-state index is 13.8. The Morgan fingerprint density at radius 3 is 2.43 bits per heavy atom. The van der Waals surface area contributed by atoms with E-state index in [4.69, 9.17) is 0 Å². The summed E-state index contributed by atoms with van der Waals surface area (Å²) in [6.45, 7) is 5.97. The second kappa shape index (κ2) is 4.56. The highest BCUT2D eigenvalue weighted by molar-refractivity contribution is 5.27. The Kier molecular flexibility index (Phi) is 3.64. The zero-order chi connectivity index (χ0) is 10.7. The Bertz CT molecular complexity index is 307. The summed E-state index contributed by atoms with van der Waals surface area (Å²) in [7, 11) is 1.87. The van der Waals surface area contributed by atoms with Crippen LogP contribution in [0, 0.1) is 18.7 Å². The third-order valence-electron chi connectivity index (χ3n) is 2.53. The zero-order valence-electron chi connectivity index (χ0n) is 9.26. The molecule has 0 aliphatic rings. The van der Waals surface area contributed by atoms with Crippen LogP contribution in [0.15, 0.2) is 18.2 Å². The number of hydrogen-bond acceptors (Lipinski definition) is 1. The number of aryl methyl sites for hydroxylation is 1. The summed E-state index contributed by atoms with van der Waals surface area (Å²) in [6, 6.07) is 5.64. The average Bonchev–Trinajstić information content (AvgIpc) is 2.13. The predicted octanol–water partition coefficient (Wildman–Crippen LogP) is 3.05. The van der Waals surface area contributed by atoms with E-state index in [1.165, 1.54) is 0 Å². The van der Waals surface area contributed by atoms with Gasteiger partial charge in [-0.25, -0.2) is 4.39 Å². The second-order valence-corrected chi connectivity index (χ2v) is 3.99. The summed E-state index contributed by atoms with van der Waals surface area (Å²) in [5.41, 5.74) is 1.48. The summed E-state index contributed by atoms with van der Waals surface area (Å²) in [5.74, 6) is 0.303. The molecule has 1 N–H and O–H groups in total. The zero-order valence-corrected chi connectivity index (χ0v) is 9.26. The van der Waals surface area contributed by atoms with Crippen molar-refractivity contribution in [3.05, 3.63) is 35.1 Å². The Balaban J connectivity index is 3.10. The number of rotatable bonds is 3. The van der Waals surface area contributed by atoms with Gasteiger partial charge in [-0.1, -0.05) is 32.0 Å². The van der Waals surface area contributed by atoms with E-state index in [1.807, 2.05) is 19.2 Å². The Morgan fingerprint density at radius 2 is 1.93 bits per heavy atom. The van der Waals surface area contributed by atoms with E-state index in [-0.39, 0.29) is 11.9 Å². The minimum absolute atomic E-state index is 0.0828. The van der Waals surface area contributed by atoms with Crippen molar-refractivity contribution in [2.24, 2.45) is 5.92 Å². The molecule has 14 heavy (non-hydrogen) atoms. The van der Waals surface area contributed by atoms with Crippen LogP contribution in [0.4, 0.5) is 4.39 Å². The van der Waals surface area contributed by atoms with E-state index in [1.54, 1.807) is 13.0 Å². The highest BCUT2D eigenvalue weighted by Crippen LogP contribution is 2.25. The Labute approximate surface area is 85.3 Å². The molecule has 0 aliphatic carbocycles. The molecule has 0 heterocycles. The number of halogens is 1. The van der Waals surface area contributed by atoms with Crippen LogP contribution in [0.5, 0.6) is 0 Å². The van der Waals surface area contributed by atoms with Crippen LogP contribution in [0.25, 0.3) is 0 Å². The topological polar surface area (TPSA) is 12.0 Å². The molecule has 1 atom stereocenters. The molecule has 0 fully saturated rings. The quantitative estimate of drug-likeness (QED) is 0.781. The lowest BCUT2D eigenvalue weighted by Crippen LogP contribution is -2.23. The van der Waals surface area contributed by atoms with Crippen LogP contribution >= 0.6 is 0 Å². The molecule has 1 aromatic rings. The van der Waals surface area contributed by atoms with Crippen LogP contribution in [-0.2, 0) is 0 Å². The summed E-state index contributed by atoms with van der Waals surface area (Å²) >= 11 is 0. The van der Waals surface area contributed by atoms with Crippen LogP contribution in [0.3, 0.4) is 0 Å². The number of benzene rings is 1. The van der Waals surface area contributed by atoms with Gasteiger partial charge in [0.15, 0.2) is 0 Å². The number of hydrogen-bond donors (Lipinski definition) is 1. The number of nitrogens with one attached hydrogen (secondary N) is 1. The Morgan fingerprint density at radius 1 is 1.29 bits per heavy atom. The smallest absolute Gasteiger partial charge is 0.130 e. The molecule has 1 aromatic carbocycles. The summed E-state index contributed by atoms with van der Waals surface area (Å²) < 4.78 is 13.8. The third kappa shape index (κ3) is 2.13. The summed E-state index contributed by atoms with van der Waals surface area (Å²) in [4.78, 5) is 0. The molecule has 78 valence electrons. The molecular weight excluding hydrogens is 177 g/mol. The molecule has 0 saturated carbocycles. The minimum Gasteiger partial charge on any atom is -0.313 e. The maximum Gasteiger partial charge on any atom is 0.130 e. The van der Waals surface area contributed by atoms with Gasteiger partial charge >= 0.3 is 0 Å². The lowest BCUT2D eigenvalue weighted by atomic mass is 9.94. The normalized spacial score (nSPS) is 13.3. The first kappa shape index (κ1) is 11.2. The van der Waals surface area contributed by atoms with E-state index in [2.05, 4.69) is 19.2 Å². The van der Waals surface area contributed by atoms with E-state index in [9.17, 15) is 4.39 Å². The molecule has 0 amide bonds. The molecule has 1 nitrogen and oxygen atoms in total. The monoisotopic (exact) mass is 195 g/mol. The van der Waals surface area contributed by atoms with Gasteiger partial charge in [-0.2, -0.15) is 0 Å². The van der Waals surface area contributed by atoms with Crippen molar-refractivity contribution in [1.82, 2.24) is 5.32 Å². The van der Waals surface area contributed by atoms with Crippen LogP contribution < -0.4 is 5.32 Å². The maximum absolute atomic E-state index is 13.8. The van der Waals surface area contributed by atoms with E-state index in [0.717, 1.165) is 5.56 Å². The molecular formula is C12H18FN. The van der Waals surface area contributed by atoms with Crippen molar-refractivity contribution in [1.29, 1.82) is 0 Å². The van der Waals surface area contributed by atoms with Crippen molar-refractivity contribution in [2.45, 2.75) is 26.8 Å². The average molecular weight is 195 g/mol. The van der Waals surface area contributed by atoms with Gasteiger partial charge in [0.25, 0.3) is 0 Å². The van der Waals surface area contributed by atoms with E-state index >= 15 is 0 Å². The molecule has 1 unspecified atom stereocenters. The van der Waals surface area contributed by atoms with Gasteiger partial charge in [-0.3, -0.25) is 0 Å². The van der Waals surface area contributed by atoms with Crippen LogP contribution in [0.2, 0.25) is 0 Å². The highest BCUT2D eigenvalue weighted by atomic mass is 19.1. The van der Waals surface area contributed by atoms with Gasteiger partial charge in [0.1, 0.15) is 5.82 Å². The fraction of sp³-hybridized carbons (Fsp3) is 0.500. The fourth-order valence-corrected chi connectivity index (χ4v) is 1.76. The first-order chi connectivity index (χ1) is 6.57. The van der Waals surface area contributed by atoms with Crippen molar-refractivity contribution in [3.63, 3.8) is 0 Å². The Hall–Kier alpha value is -0.890. The van der Waals surface area contributed by atoms with Crippen molar-refractivity contribution in [2.75, 3.05) is 7.05 Å². The van der Waals surface area contributed by atoms with Gasteiger partial charge < -0.3 is 5.32 Å². The third-order valence-corrected chi connectivity index (χ3v) is 2.53. The largest absolute Gasteiger partial charge is 0.313 e. The predicted molar refractivity (Wildman–Crippen MR) is 57.8 cm³/mol. The molecule has 0 aromatic heterocycles. The van der Waals surface area contributed by atoms with Gasteiger partial charge in [-0.05, 0) is 25.5 Å². The standard InChI is InChI=1S/C12H18FN/c1-8(2)12(14-4)10-7-5-6-9(3)11(10)13/h5-8,12,14H,1-4H3. The first-order valence-corrected chi connectivity index (χ1v) is 5.00. The van der Waals surface area contributed by atoms with E-state index in [0.29, 0.717) is 11.5 Å². The molecule has 1 rings (SSSR count). The van der Waals surface area contributed by atoms with Gasteiger partial charge in [0.05, 0.1) is 0 Å². The molecule has 0 spiro atoms. The lowest BCUT2D eigenvalue weighted by Gasteiger charge is -2.21. The molecule has 0 bridgehead atoms. The minimum atomic E-state index is -0.0828. The molecule has 0 aliphatic heterocycles. The van der Waals surface area contributed by atoms with Gasteiger partial charge in [0, 0.05) is 11.6 Å². The first-order valence-electron chi connectivity index (χ1n) is 5.00. The highest BCUT2D eigenvalue weighted by Gasteiger charge is 2.17. The SMILES string of the molecule is CNC(c1cccc(C)c1F)C(C)C. The van der Waals surface area contributed by atoms with E-state index < -0.39 is 0 Å². The molecule has 0 saturated heterocycles.